The zero-order valence-electron chi connectivity index (χ0n) is 10.7. The van der Waals surface area contributed by atoms with Crippen LogP contribution in [-0.4, -0.2) is 10.5 Å². The largest absolute Gasteiger partial charge is 0.467 e. The lowest BCUT2D eigenvalue weighted by Crippen LogP contribution is -2.26. The lowest BCUT2D eigenvalue weighted by atomic mass is 10.2. The van der Waals surface area contributed by atoms with Crippen molar-refractivity contribution >= 4 is 32.7 Å². The molecule has 1 amide bonds. The minimum Gasteiger partial charge on any atom is -0.467 e. The summed E-state index contributed by atoms with van der Waals surface area (Å²) in [7, 11) is 0. The predicted octanol–water partition coefficient (Wildman–Crippen LogP) is 3.31. The molecule has 2 heterocycles. The summed E-state index contributed by atoms with van der Waals surface area (Å²) in [5.74, 6) is 0.710. The van der Waals surface area contributed by atoms with Crippen LogP contribution in [0.1, 0.15) is 5.76 Å². The third kappa shape index (κ3) is 2.77. The molecule has 3 rings (SSSR count). The van der Waals surface area contributed by atoms with Crippen molar-refractivity contribution in [1.82, 2.24) is 9.88 Å². The molecule has 0 fully saturated rings. The van der Waals surface area contributed by atoms with Crippen LogP contribution in [0.25, 0.3) is 10.9 Å². The van der Waals surface area contributed by atoms with E-state index in [0.29, 0.717) is 13.1 Å². The molecule has 0 aliphatic rings. The average Bonchev–Trinajstić information content (AvgIpc) is 3.06. The molecule has 1 N–H and O–H groups in total. The molecule has 3 aromatic rings. The van der Waals surface area contributed by atoms with Gasteiger partial charge in [0.1, 0.15) is 12.3 Å². The summed E-state index contributed by atoms with van der Waals surface area (Å²) in [6.45, 7) is 0.711. The van der Waals surface area contributed by atoms with E-state index in [0.717, 1.165) is 21.1 Å². The van der Waals surface area contributed by atoms with Crippen molar-refractivity contribution in [3.8, 4) is 0 Å². The van der Waals surface area contributed by atoms with E-state index in [1.54, 1.807) is 12.3 Å². The highest BCUT2D eigenvalue weighted by atomic mass is 79.9. The van der Waals surface area contributed by atoms with Crippen LogP contribution in [0.15, 0.2) is 57.7 Å². The monoisotopic (exact) mass is 332 g/mol. The van der Waals surface area contributed by atoms with E-state index >= 15 is 0 Å². The van der Waals surface area contributed by atoms with Gasteiger partial charge in [-0.1, -0.05) is 15.9 Å². The van der Waals surface area contributed by atoms with E-state index in [1.807, 2.05) is 41.1 Å². The zero-order chi connectivity index (χ0) is 13.9. The molecule has 1 aromatic carbocycles. The number of aromatic nitrogens is 1. The maximum atomic E-state index is 11.9. The number of hydrogen-bond acceptors (Lipinski definition) is 2. The molecular weight excluding hydrogens is 320 g/mol. The Hall–Kier alpha value is -2.01. The Morgan fingerprint density at radius 2 is 2.20 bits per heavy atom. The Morgan fingerprint density at radius 1 is 1.30 bits per heavy atom. The maximum Gasteiger partial charge on any atom is 0.240 e. The molecule has 0 spiro atoms. The first-order chi connectivity index (χ1) is 9.72. The fourth-order valence-electron chi connectivity index (χ4n) is 2.12. The summed E-state index contributed by atoms with van der Waals surface area (Å²) in [5, 5.41) is 3.95. The SMILES string of the molecule is O=C(Cn1ccc2cc(Br)ccc21)NCc1ccco1. The van der Waals surface area contributed by atoms with Crippen LogP contribution >= 0.6 is 15.9 Å². The Morgan fingerprint density at radius 3 is 3.00 bits per heavy atom. The van der Waals surface area contributed by atoms with Crippen LogP contribution in [0.2, 0.25) is 0 Å². The number of fused-ring (bicyclic) bond motifs is 1. The Bertz CT molecular complexity index is 732. The molecule has 102 valence electrons. The standard InChI is InChI=1S/C15H13BrN2O2/c16-12-3-4-14-11(8-12)5-6-18(14)10-15(19)17-9-13-2-1-7-20-13/h1-8H,9-10H2,(H,17,19). The number of furan rings is 1. The summed E-state index contributed by atoms with van der Waals surface area (Å²) < 4.78 is 8.14. The highest BCUT2D eigenvalue weighted by Gasteiger charge is 2.07. The number of amides is 1. The van der Waals surface area contributed by atoms with Gasteiger partial charge in [0.2, 0.25) is 5.91 Å². The van der Waals surface area contributed by atoms with Crippen molar-refractivity contribution in [2.45, 2.75) is 13.1 Å². The van der Waals surface area contributed by atoms with Gasteiger partial charge in [0.25, 0.3) is 0 Å². The molecule has 2 aromatic heterocycles. The van der Waals surface area contributed by atoms with E-state index in [9.17, 15) is 4.79 Å². The van der Waals surface area contributed by atoms with Gasteiger partial charge in [-0.2, -0.15) is 0 Å². The highest BCUT2D eigenvalue weighted by molar-refractivity contribution is 9.10. The molecule has 5 heteroatoms. The normalized spacial score (nSPS) is 10.8. The molecule has 0 atom stereocenters. The fraction of sp³-hybridized carbons (Fsp3) is 0.133. The molecule has 0 aliphatic carbocycles. The van der Waals surface area contributed by atoms with Crippen molar-refractivity contribution in [3.63, 3.8) is 0 Å². The Balaban J connectivity index is 1.68. The van der Waals surface area contributed by atoms with Gasteiger partial charge in [-0.05, 0) is 36.4 Å². The maximum absolute atomic E-state index is 11.9. The van der Waals surface area contributed by atoms with Gasteiger partial charge in [-0.15, -0.1) is 0 Å². The second-order valence-corrected chi connectivity index (χ2v) is 5.42. The number of rotatable bonds is 4. The molecular formula is C15H13BrN2O2. The van der Waals surface area contributed by atoms with Crippen LogP contribution in [0.5, 0.6) is 0 Å². The number of halogens is 1. The number of hydrogen-bond donors (Lipinski definition) is 1. The molecule has 4 nitrogen and oxygen atoms in total. The van der Waals surface area contributed by atoms with Crippen molar-refractivity contribution in [2.75, 3.05) is 0 Å². The summed E-state index contributed by atoms with van der Waals surface area (Å²) in [6.07, 6.45) is 3.52. The number of nitrogens with one attached hydrogen (secondary N) is 1. The third-order valence-electron chi connectivity index (χ3n) is 3.09. The highest BCUT2D eigenvalue weighted by Crippen LogP contribution is 2.20. The number of benzene rings is 1. The molecule has 20 heavy (non-hydrogen) atoms. The van der Waals surface area contributed by atoms with Crippen LogP contribution in [0.3, 0.4) is 0 Å². The first-order valence-corrected chi connectivity index (χ1v) is 7.05. The van der Waals surface area contributed by atoms with Gasteiger partial charge < -0.3 is 14.3 Å². The topological polar surface area (TPSA) is 47.2 Å². The van der Waals surface area contributed by atoms with Crippen molar-refractivity contribution < 1.29 is 9.21 Å². The van der Waals surface area contributed by atoms with Crippen molar-refractivity contribution in [3.05, 3.63) is 59.1 Å². The quantitative estimate of drug-likeness (QED) is 0.796. The summed E-state index contributed by atoms with van der Waals surface area (Å²) in [6, 6.07) is 11.6. The summed E-state index contributed by atoms with van der Waals surface area (Å²) >= 11 is 3.44. The Kier molecular flexibility index (Phi) is 3.60. The van der Waals surface area contributed by atoms with Crippen LogP contribution in [-0.2, 0) is 17.9 Å². The number of carbonyl (C=O) groups is 1. The third-order valence-corrected chi connectivity index (χ3v) is 3.58. The van der Waals surface area contributed by atoms with Crippen LogP contribution < -0.4 is 5.32 Å². The number of carbonyl (C=O) groups excluding carboxylic acids is 1. The van der Waals surface area contributed by atoms with E-state index in [2.05, 4.69) is 21.2 Å². The molecule has 0 aliphatic heterocycles. The molecule has 0 saturated carbocycles. The van der Waals surface area contributed by atoms with Crippen LogP contribution in [0.4, 0.5) is 0 Å². The molecule has 0 saturated heterocycles. The first kappa shape index (κ1) is 13.0. The average molecular weight is 333 g/mol. The van der Waals surface area contributed by atoms with E-state index in [1.165, 1.54) is 0 Å². The summed E-state index contributed by atoms with van der Waals surface area (Å²) in [5.41, 5.74) is 1.04. The second-order valence-electron chi connectivity index (χ2n) is 4.50. The minimum atomic E-state index is -0.0400. The van der Waals surface area contributed by atoms with E-state index in [-0.39, 0.29) is 5.91 Å². The zero-order valence-corrected chi connectivity index (χ0v) is 12.3. The van der Waals surface area contributed by atoms with Gasteiger partial charge in [-0.25, -0.2) is 0 Å². The van der Waals surface area contributed by atoms with Gasteiger partial charge in [0.05, 0.1) is 12.8 Å². The van der Waals surface area contributed by atoms with Gasteiger partial charge in [-0.3, -0.25) is 4.79 Å². The summed E-state index contributed by atoms with van der Waals surface area (Å²) in [4.78, 5) is 11.9. The molecule has 0 bridgehead atoms. The lowest BCUT2D eigenvalue weighted by molar-refractivity contribution is -0.121. The fourth-order valence-corrected chi connectivity index (χ4v) is 2.50. The van der Waals surface area contributed by atoms with Gasteiger partial charge >= 0.3 is 0 Å². The van der Waals surface area contributed by atoms with Crippen molar-refractivity contribution in [2.24, 2.45) is 0 Å². The molecule has 0 radical (unpaired) electrons. The van der Waals surface area contributed by atoms with E-state index < -0.39 is 0 Å². The van der Waals surface area contributed by atoms with Gasteiger partial charge in [0.15, 0.2) is 0 Å². The smallest absolute Gasteiger partial charge is 0.240 e. The van der Waals surface area contributed by atoms with Crippen LogP contribution in [0, 0.1) is 0 Å². The first-order valence-electron chi connectivity index (χ1n) is 6.26. The Labute approximate surface area is 124 Å². The molecule has 0 unspecified atom stereocenters. The van der Waals surface area contributed by atoms with Gasteiger partial charge in [0, 0.05) is 21.6 Å². The number of nitrogens with zero attached hydrogens (tertiary/aromatic N) is 1. The second kappa shape index (κ2) is 5.54. The predicted molar refractivity (Wildman–Crippen MR) is 80.2 cm³/mol. The lowest BCUT2D eigenvalue weighted by Gasteiger charge is -2.06. The minimum absolute atomic E-state index is 0.0400. The van der Waals surface area contributed by atoms with E-state index in [4.69, 9.17) is 4.42 Å². The van der Waals surface area contributed by atoms with Crippen molar-refractivity contribution in [1.29, 1.82) is 0 Å².